The summed E-state index contributed by atoms with van der Waals surface area (Å²) >= 11 is 0. The highest BCUT2D eigenvalue weighted by Crippen LogP contribution is 2.69. The minimum atomic E-state index is -1.40. The molecule has 270 valence electrons. The molecule has 7 rings (SSSR count). The average molecular weight is 693 g/mol. The summed E-state index contributed by atoms with van der Waals surface area (Å²) in [5.74, 6) is 0.201. The first-order valence-corrected chi connectivity index (χ1v) is 17.4. The highest BCUT2D eigenvalue weighted by molar-refractivity contribution is 5.91. The summed E-state index contributed by atoms with van der Waals surface area (Å²) in [6, 6.07) is 12.9. The van der Waals surface area contributed by atoms with Gasteiger partial charge >= 0.3 is 5.97 Å². The molecule has 1 spiro atoms. The molecule has 2 unspecified atom stereocenters. The van der Waals surface area contributed by atoms with Gasteiger partial charge in [0.05, 0.1) is 13.7 Å². The van der Waals surface area contributed by atoms with Crippen LogP contribution in [0, 0.1) is 29.1 Å². The van der Waals surface area contributed by atoms with Crippen molar-refractivity contribution in [2.75, 3.05) is 32.7 Å². The van der Waals surface area contributed by atoms with Crippen molar-refractivity contribution in [1.29, 1.82) is 0 Å². The minimum Gasteiger partial charge on any atom is -0.488 e. The van der Waals surface area contributed by atoms with E-state index in [4.69, 9.17) is 24.0 Å². The van der Waals surface area contributed by atoms with Gasteiger partial charge in [-0.05, 0) is 85.6 Å². The molecule has 4 aliphatic carbocycles. The number of amides is 2. The second kappa shape index (κ2) is 14.4. The lowest BCUT2D eigenvalue weighted by Crippen LogP contribution is -2.76. The number of esters is 1. The lowest BCUT2D eigenvalue weighted by molar-refractivity contribution is -0.645. The van der Waals surface area contributed by atoms with Gasteiger partial charge in [0, 0.05) is 48.4 Å². The van der Waals surface area contributed by atoms with Gasteiger partial charge in [-0.3, -0.25) is 9.59 Å². The van der Waals surface area contributed by atoms with Gasteiger partial charge in [0.15, 0.2) is 5.60 Å². The number of rotatable bonds is 14. The predicted molar refractivity (Wildman–Crippen MR) is 182 cm³/mol. The molecule has 12 nitrogen and oxygen atoms in total. The SMILES string of the molecule is COC(=O)/C=C/c1ccc(C2(OC)OOC23C2CC4CC(C2)CC3C4)cc1OCc1ccc(NC(=O)CCNC(=O)C(O)C(C)(C)CO)cc1. The highest BCUT2D eigenvalue weighted by Gasteiger charge is 2.76. The molecule has 1 saturated heterocycles. The number of ether oxygens (including phenoxy) is 3. The second-order valence-electron chi connectivity index (χ2n) is 14.8. The topological polar surface area (TPSA) is 162 Å². The minimum absolute atomic E-state index is 0.00272. The van der Waals surface area contributed by atoms with E-state index in [0.29, 0.717) is 28.8 Å². The molecule has 4 N–H and O–H groups in total. The number of carbonyl (C=O) groups excluding carboxylic acids is 3. The van der Waals surface area contributed by atoms with E-state index >= 15 is 0 Å². The maximum atomic E-state index is 12.5. The lowest BCUT2D eigenvalue weighted by Gasteiger charge is -2.68. The zero-order valence-corrected chi connectivity index (χ0v) is 29.1. The van der Waals surface area contributed by atoms with Crippen LogP contribution in [0.25, 0.3) is 6.08 Å². The number of aliphatic hydroxyl groups is 2. The normalized spacial score (nSPS) is 28.7. The molecule has 1 aliphatic heterocycles. The molecule has 50 heavy (non-hydrogen) atoms. The van der Waals surface area contributed by atoms with Crippen LogP contribution in [-0.2, 0) is 46.0 Å². The molecule has 1 heterocycles. The number of hydrogen-bond acceptors (Lipinski definition) is 10. The standard InChI is InChI=1S/C38H48N2O10/c1-36(2,22-41)34(44)35(45)39-14-13-32(42)40-30-10-5-23(6-11-30)21-48-31-20-27(9-7-26(31)8-12-33(43)46-3)38(47-4)37(49-50-38)28-16-24-15-25(18-28)19-29(37)17-24/h5-12,20,24-25,28-29,34,41,44H,13-19,21-22H2,1-4H3,(H,39,45)(H,40,42)/b12-8+. The van der Waals surface area contributed by atoms with Crippen molar-refractivity contribution < 1.29 is 48.6 Å². The molecule has 0 radical (unpaired) electrons. The Bertz CT molecular complexity index is 1570. The van der Waals surface area contributed by atoms with Crippen molar-refractivity contribution in [3.05, 3.63) is 65.2 Å². The molecule has 12 heteroatoms. The predicted octanol–water partition coefficient (Wildman–Crippen LogP) is 4.23. The molecule has 4 saturated carbocycles. The van der Waals surface area contributed by atoms with E-state index in [1.807, 2.05) is 30.3 Å². The maximum absolute atomic E-state index is 12.5. The van der Waals surface area contributed by atoms with Gasteiger partial charge in [0.2, 0.25) is 11.8 Å². The summed E-state index contributed by atoms with van der Waals surface area (Å²) in [7, 11) is 2.99. The molecule has 2 atom stereocenters. The third kappa shape index (κ3) is 6.67. The van der Waals surface area contributed by atoms with Crippen molar-refractivity contribution in [1.82, 2.24) is 5.32 Å². The van der Waals surface area contributed by atoms with Gasteiger partial charge in [0.1, 0.15) is 18.5 Å². The number of carbonyl (C=O) groups is 3. The first-order valence-electron chi connectivity index (χ1n) is 17.4. The van der Waals surface area contributed by atoms with Crippen LogP contribution in [0.5, 0.6) is 5.75 Å². The summed E-state index contributed by atoms with van der Waals surface area (Å²) in [5.41, 5.74) is 1.33. The quantitative estimate of drug-likeness (QED) is 0.128. The number of methoxy groups -OCH3 is 2. The van der Waals surface area contributed by atoms with E-state index < -0.39 is 34.8 Å². The first kappa shape index (κ1) is 36.0. The van der Waals surface area contributed by atoms with Crippen LogP contribution in [0.2, 0.25) is 0 Å². The van der Waals surface area contributed by atoms with Crippen LogP contribution in [-0.4, -0.2) is 67.1 Å². The zero-order valence-electron chi connectivity index (χ0n) is 29.1. The second-order valence-corrected chi connectivity index (χ2v) is 14.8. The van der Waals surface area contributed by atoms with Gasteiger partial charge < -0.3 is 35.1 Å². The molecule has 5 aliphatic rings. The van der Waals surface area contributed by atoms with Crippen molar-refractivity contribution in [2.24, 2.45) is 29.1 Å². The Hall–Kier alpha value is -3.81. The third-order valence-electron chi connectivity index (χ3n) is 11.1. The third-order valence-corrected chi connectivity index (χ3v) is 11.1. The number of hydrogen-bond donors (Lipinski definition) is 4. The first-order chi connectivity index (χ1) is 23.9. The Morgan fingerprint density at radius 3 is 2.26 bits per heavy atom. The Balaban J connectivity index is 1.12. The van der Waals surface area contributed by atoms with Gasteiger partial charge in [-0.25, -0.2) is 9.68 Å². The van der Waals surface area contributed by atoms with E-state index in [-0.39, 0.29) is 32.1 Å². The van der Waals surface area contributed by atoms with E-state index in [9.17, 15) is 24.6 Å². The summed E-state index contributed by atoms with van der Waals surface area (Å²) < 4.78 is 17.4. The number of nitrogens with one attached hydrogen (secondary N) is 2. The van der Waals surface area contributed by atoms with Crippen LogP contribution >= 0.6 is 0 Å². The summed E-state index contributed by atoms with van der Waals surface area (Å²) in [6.07, 6.45) is 7.38. The smallest absolute Gasteiger partial charge is 0.330 e. The fourth-order valence-electron chi connectivity index (χ4n) is 8.49. The van der Waals surface area contributed by atoms with Crippen molar-refractivity contribution in [3.8, 4) is 5.75 Å². The van der Waals surface area contributed by atoms with Crippen molar-refractivity contribution in [3.63, 3.8) is 0 Å². The van der Waals surface area contributed by atoms with Gasteiger partial charge in [0.25, 0.3) is 5.79 Å². The molecule has 2 aromatic carbocycles. The highest BCUT2D eigenvalue weighted by atomic mass is 17.3. The zero-order chi connectivity index (χ0) is 35.7. The van der Waals surface area contributed by atoms with Crippen molar-refractivity contribution in [2.45, 2.75) is 76.5 Å². The molecule has 0 aromatic heterocycles. The van der Waals surface area contributed by atoms with E-state index in [0.717, 1.165) is 48.6 Å². The van der Waals surface area contributed by atoms with Crippen LogP contribution in [0.1, 0.15) is 69.1 Å². The summed E-state index contributed by atoms with van der Waals surface area (Å²) in [5, 5.41) is 24.8. The number of anilines is 1. The van der Waals surface area contributed by atoms with Gasteiger partial charge in [-0.2, -0.15) is 4.89 Å². The molecular weight excluding hydrogens is 644 g/mol. The fraction of sp³-hybridized carbons (Fsp3) is 0.553. The van der Waals surface area contributed by atoms with E-state index in [2.05, 4.69) is 10.6 Å². The lowest BCUT2D eigenvalue weighted by atomic mass is 9.47. The largest absolute Gasteiger partial charge is 0.488 e. The Morgan fingerprint density at radius 1 is 1.00 bits per heavy atom. The van der Waals surface area contributed by atoms with Crippen molar-refractivity contribution >= 4 is 29.5 Å². The van der Waals surface area contributed by atoms with Crippen LogP contribution in [0.15, 0.2) is 48.5 Å². The van der Waals surface area contributed by atoms with E-state index in [1.165, 1.54) is 19.6 Å². The average Bonchev–Trinajstić information content (AvgIpc) is 3.10. The molecule has 4 bridgehead atoms. The molecule has 2 amide bonds. The van der Waals surface area contributed by atoms with Gasteiger partial charge in [-0.15, -0.1) is 0 Å². The van der Waals surface area contributed by atoms with Crippen LogP contribution in [0.4, 0.5) is 5.69 Å². The maximum Gasteiger partial charge on any atom is 0.330 e. The Kier molecular flexibility index (Phi) is 10.4. The molecular formula is C38H48N2O10. The Labute approximate surface area is 292 Å². The van der Waals surface area contributed by atoms with Crippen LogP contribution < -0.4 is 15.4 Å². The molecule has 5 fully saturated rings. The molecule has 2 aromatic rings. The monoisotopic (exact) mass is 692 g/mol. The summed E-state index contributed by atoms with van der Waals surface area (Å²) in [4.78, 5) is 48.7. The van der Waals surface area contributed by atoms with E-state index in [1.54, 1.807) is 39.2 Å². The van der Waals surface area contributed by atoms with Crippen LogP contribution in [0.3, 0.4) is 0 Å². The fourth-order valence-corrected chi connectivity index (χ4v) is 8.49. The number of benzene rings is 2. The summed E-state index contributed by atoms with van der Waals surface area (Å²) in [6.45, 7) is 3.02. The Morgan fingerprint density at radius 2 is 1.68 bits per heavy atom. The van der Waals surface area contributed by atoms with Gasteiger partial charge in [-0.1, -0.05) is 38.1 Å². The number of aliphatic hydroxyl groups excluding tert-OH is 2.